The van der Waals surface area contributed by atoms with E-state index in [2.05, 4.69) is 4.90 Å². The van der Waals surface area contributed by atoms with Crippen molar-refractivity contribution < 1.29 is 0 Å². The smallest absolute Gasteiger partial charge is 0.100 e. The molecule has 1 heterocycles. The standard InChI is InChI=1S/C12H15ClN2/c13-11-6-2-1-5-10(11)9-12(14)15-7-3-4-8-15/h1-2,5-6,14H,3-4,7-9H2. The van der Waals surface area contributed by atoms with Crippen molar-refractivity contribution in [1.82, 2.24) is 4.90 Å². The molecule has 2 nitrogen and oxygen atoms in total. The predicted octanol–water partition coefficient (Wildman–Crippen LogP) is 2.96. The summed E-state index contributed by atoms with van der Waals surface area (Å²) in [6.07, 6.45) is 3.08. The van der Waals surface area contributed by atoms with E-state index in [9.17, 15) is 0 Å². The third-order valence-corrected chi connectivity index (χ3v) is 3.17. The van der Waals surface area contributed by atoms with Gasteiger partial charge in [-0.2, -0.15) is 0 Å². The first-order chi connectivity index (χ1) is 7.27. The predicted molar refractivity (Wildman–Crippen MR) is 63.7 cm³/mol. The molecule has 0 aliphatic carbocycles. The van der Waals surface area contributed by atoms with Gasteiger partial charge in [-0.3, -0.25) is 5.41 Å². The number of rotatable bonds is 2. The van der Waals surface area contributed by atoms with Crippen LogP contribution in [0.1, 0.15) is 18.4 Å². The number of likely N-dealkylation sites (tertiary alicyclic amines) is 1. The number of nitrogens with zero attached hydrogens (tertiary/aromatic N) is 1. The highest BCUT2D eigenvalue weighted by Crippen LogP contribution is 2.17. The zero-order valence-electron chi connectivity index (χ0n) is 8.67. The molecule has 1 saturated heterocycles. The number of benzene rings is 1. The summed E-state index contributed by atoms with van der Waals surface area (Å²) in [5.74, 6) is 0.695. The highest BCUT2D eigenvalue weighted by atomic mass is 35.5. The van der Waals surface area contributed by atoms with Crippen LogP contribution in [0, 0.1) is 5.41 Å². The van der Waals surface area contributed by atoms with Crippen LogP contribution in [0.15, 0.2) is 24.3 Å². The third-order valence-electron chi connectivity index (χ3n) is 2.80. The molecule has 1 aliphatic rings. The number of hydrogen-bond donors (Lipinski definition) is 1. The zero-order chi connectivity index (χ0) is 10.7. The van der Waals surface area contributed by atoms with E-state index in [1.165, 1.54) is 12.8 Å². The van der Waals surface area contributed by atoms with Crippen molar-refractivity contribution in [2.75, 3.05) is 13.1 Å². The molecule has 1 fully saturated rings. The Kier molecular flexibility index (Phi) is 3.27. The molecule has 0 spiro atoms. The molecule has 2 rings (SSSR count). The van der Waals surface area contributed by atoms with Crippen molar-refractivity contribution in [2.24, 2.45) is 0 Å². The lowest BCUT2D eigenvalue weighted by Crippen LogP contribution is -2.28. The average Bonchev–Trinajstić information content (AvgIpc) is 2.74. The van der Waals surface area contributed by atoms with Crippen LogP contribution in [-0.4, -0.2) is 23.8 Å². The van der Waals surface area contributed by atoms with E-state index in [0.717, 1.165) is 23.7 Å². The lowest BCUT2D eigenvalue weighted by atomic mass is 10.1. The lowest BCUT2D eigenvalue weighted by molar-refractivity contribution is 0.507. The van der Waals surface area contributed by atoms with Gasteiger partial charge in [-0.25, -0.2) is 0 Å². The Balaban J connectivity index is 2.02. The number of nitrogens with one attached hydrogen (secondary N) is 1. The van der Waals surface area contributed by atoms with Crippen LogP contribution in [0.4, 0.5) is 0 Å². The minimum atomic E-state index is 0.652. The Labute approximate surface area is 95.4 Å². The molecule has 15 heavy (non-hydrogen) atoms. The minimum Gasteiger partial charge on any atom is -0.360 e. The van der Waals surface area contributed by atoms with Crippen molar-refractivity contribution in [3.05, 3.63) is 34.9 Å². The van der Waals surface area contributed by atoms with Gasteiger partial charge < -0.3 is 4.90 Å². The van der Waals surface area contributed by atoms with Gasteiger partial charge in [0.05, 0.1) is 0 Å². The van der Waals surface area contributed by atoms with Crippen molar-refractivity contribution in [1.29, 1.82) is 5.41 Å². The molecule has 1 aromatic carbocycles. The summed E-state index contributed by atoms with van der Waals surface area (Å²) in [5, 5.41) is 8.75. The summed E-state index contributed by atoms with van der Waals surface area (Å²) in [4.78, 5) is 2.14. The molecule has 0 atom stereocenters. The highest BCUT2D eigenvalue weighted by Gasteiger charge is 2.15. The summed E-state index contributed by atoms with van der Waals surface area (Å²) in [5.41, 5.74) is 1.05. The maximum Gasteiger partial charge on any atom is 0.100 e. The number of amidine groups is 1. The Hall–Kier alpha value is -1.02. The lowest BCUT2D eigenvalue weighted by Gasteiger charge is -2.18. The zero-order valence-corrected chi connectivity index (χ0v) is 9.43. The van der Waals surface area contributed by atoms with Crippen LogP contribution in [0.5, 0.6) is 0 Å². The molecule has 0 saturated carbocycles. The van der Waals surface area contributed by atoms with Crippen LogP contribution < -0.4 is 0 Å². The van der Waals surface area contributed by atoms with Crippen molar-refractivity contribution in [3.8, 4) is 0 Å². The van der Waals surface area contributed by atoms with Crippen LogP contribution in [0.3, 0.4) is 0 Å². The molecule has 80 valence electrons. The molecule has 3 heteroatoms. The molecule has 0 radical (unpaired) electrons. The second-order valence-corrected chi connectivity index (χ2v) is 4.32. The molecule has 0 unspecified atom stereocenters. The average molecular weight is 223 g/mol. The fourth-order valence-electron chi connectivity index (χ4n) is 1.92. The minimum absolute atomic E-state index is 0.652. The van der Waals surface area contributed by atoms with Gasteiger partial charge in [0.1, 0.15) is 5.84 Å². The van der Waals surface area contributed by atoms with Crippen molar-refractivity contribution >= 4 is 17.4 Å². The monoisotopic (exact) mass is 222 g/mol. The van der Waals surface area contributed by atoms with E-state index in [4.69, 9.17) is 17.0 Å². The number of halogens is 1. The SMILES string of the molecule is N=C(Cc1ccccc1Cl)N1CCCC1. The van der Waals surface area contributed by atoms with Crippen molar-refractivity contribution in [3.63, 3.8) is 0 Å². The Morgan fingerprint density at radius 2 is 1.93 bits per heavy atom. The molecular weight excluding hydrogens is 208 g/mol. The molecular formula is C12H15ClN2. The van der Waals surface area contributed by atoms with Crippen LogP contribution in [0.25, 0.3) is 0 Å². The van der Waals surface area contributed by atoms with Crippen LogP contribution >= 0.6 is 11.6 Å². The molecule has 1 aromatic rings. The summed E-state index contributed by atoms with van der Waals surface area (Å²) in [6, 6.07) is 7.77. The fourth-order valence-corrected chi connectivity index (χ4v) is 2.12. The van der Waals surface area contributed by atoms with E-state index >= 15 is 0 Å². The topological polar surface area (TPSA) is 27.1 Å². The Bertz CT molecular complexity index is 356. The highest BCUT2D eigenvalue weighted by molar-refractivity contribution is 6.31. The summed E-state index contributed by atoms with van der Waals surface area (Å²) < 4.78 is 0. The Morgan fingerprint density at radius 3 is 2.60 bits per heavy atom. The first-order valence-electron chi connectivity index (χ1n) is 5.33. The molecule has 0 aromatic heterocycles. The van der Waals surface area contributed by atoms with E-state index in [-0.39, 0.29) is 0 Å². The Morgan fingerprint density at radius 1 is 1.27 bits per heavy atom. The maximum absolute atomic E-state index is 7.99. The van der Waals surface area contributed by atoms with Gasteiger partial charge in [0.25, 0.3) is 0 Å². The van der Waals surface area contributed by atoms with Crippen LogP contribution in [-0.2, 0) is 6.42 Å². The third kappa shape index (κ3) is 2.51. The van der Waals surface area contributed by atoms with E-state index in [1.807, 2.05) is 24.3 Å². The van der Waals surface area contributed by atoms with Gasteiger partial charge in [-0.05, 0) is 24.5 Å². The summed E-state index contributed by atoms with van der Waals surface area (Å²) >= 11 is 6.06. The normalized spacial score (nSPS) is 15.7. The van der Waals surface area contributed by atoms with Gasteiger partial charge in [0.15, 0.2) is 0 Å². The molecule has 1 aliphatic heterocycles. The molecule has 0 amide bonds. The van der Waals surface area contributed by atoms with Gasteiger partial charge in [-0.1, -0.05) is 29.8 Å². The van der Waals surface area contributed by atoms with Crippen molar-refractivity contribution in [2.45, 2.75) is 19.3 Å². The quantitative estimate of drug-likeness (QED) is 0.605. The largest absolute Gasteiger partial charge is 0.360 e. The summed E-state index contributed by atoms with van der Waals surface area (Å²) in [7, 11) is 0. The van der Waals surface area contributed by atoms with Gasteiger partial charge in [-0.15, -0.1) is 0 Å². The molecule has 1 N–H and O–H groups in total. The van der Waals surface area contributed by atoms with Crippen LogP contribution in [0.2, 0.25) is 5.02 Å². The maximum atomic E-state index is 7.99. The van der Waals surface area contributed by atoms with E-state index < -0.39 is 0 Å². The van der Waals surface area contributed by atoms with Gasteiger partial charge in [0.2, 0.25) is 0 Å². The summed E-state index contributed by atoms with van der Waals surface area (Å²) in [6.45, 7) is 2.06. The fraction of sp³-hybridized carbons (Fsp3) is 0.417. The van der Waals surface area contributed by atoms with E-state index in [0.29, 0.717) is 12.3 Å². The second-order valence-electron chi connectivity index (χ2n) is 3.91. The number of hydrogen-bond acceptors (Lipinski definition) is 1. The van der Waals surface area contributed by atoms with E-state index in [1.54, 1.807) is 0 Å². The second kappa shape index (κ2) is 4.67. The van der Waals surface area contributed by atoms with Gasteiger partial charge >= 0.3 is 0 Å². The van der Waals surface area contributed by atoms with Gasteiger partial charge in [0, 0.05) is 24.5 Å². The first kappa shape index (κ1) is 10.5. The molecule has 0 bridgehead atoms. The first-order valence-corrected chi connectivity index (χ1v) is 5.71.